The fraction of sp³-hybridized carbons (Fsp3) is 0.0952. The van der Waals surface area contributed by atoms with Gasteiger partial charge in [0.1, 0.15) is 18.4 Å². The summed E-state index contributed by atoms with van der Waals surface area (Å²) in [5.41, 5.74) is 2.24. The minimum Gasteiger partial charge on any atom is -0.481 e. The molecule has 0 radical (unpaired) electrons. The van der Waals surface area contributed by atoms with Crippen LogP contribution in [0.15, 0.2) is 54.6 Å². The molecule has 1 heterocycles. The lowest BCUT2D eigenvalue weighted by atomic mass is 10.1. The van der Waals surface area contributed by atoms with Gasteiger partial charge in [0.25, 0.3) is 0 Å². The number of benzene rings is 2. The van der Waals surface area contributed by atoms with E-state index in [-0.39, 0.29) is 6.61 Å². The summed E-state index contributed by atoms with van der Waals surface area (Å²) in [5, 5.41) is 18.0. The molecule has 1 aromatic heterocycles. The van der Waals surface area contributed by atoms with Crippen LogP contribution >= 0.6 is 0 Å². The van der Waals surface area contributed by atoms with Gasteiger partial charge in [0.15, 0.2) is 11.6 Å². The van der Waals surface area contributed by atoms with E-state index in [0.717, 1.165) is 11.1 Å². The van der Waals surface area contributed by atoms with Gasteiger partial charge in [-0.25, -0.2) is 0 Å². The molecule has 3 aromatic rings. The van der Waals surface area contributed by atoms with Crippen LogP contribution in [0.1, 0.15) is 11.4 Å². The lowest BCUT2D eigenvalue weighted by Gasteiger charge is -2.04. The van der Waals surface area contributed by atoms with Gasteiger partial charge >= 0.3 is 0 Å². The average molecular weight is 340 g/mol. The average Bonchev–Trinajstić information content (AvgIpc) is 3.07. The van der Waals surface area contributed by atoms with Crippen LogP contribution < -0.4 is 4.74 Å². The van der Waals surface area contributed by atoms with Gasteiger partial charge in [-0.2, -0.15) is 5.26 Å². The Morgan fingerprint density at radius 1 is 1.15 bits per heavy atom. The van der Waals surface area contributed by atoms with Crippen LogP contribution in [0.5, 0.6) is 5.75 Å². The molecule has 2 aromatic carbocycles. The Morgan fingerprint density at radius 2 is 1.88 bits per heavy atom. The van der Waals surface area contributed by atoms with Gasteiger partial charge in [0.05, 0.1) is 5.57 Å². The van der Waals surface area contributed by atoms with Crippen molar-refractivity contribution in [3.63, 3.8) is 0 Å². The number of nitriles is 1. The highest BCUT2D eigenvalue weighted by molar-refractivity contribution is 5.87. The largest absolute Gasteiger partial charge is 0.481 e. The zero-order valence-corrected chi connectivity index (χ0v) is 14.3. The molecule has 5 nitrogen and oxygen atoms in total. The maximum absolute atomic E-state index is 9.57. The van der Waals surface area contributed by atoms with Gasteiger partial charge in [-0.3, -0.25) is 0 Å². The molecule has 0 saturated carbocycles. The number of rotatable bonds is 5. The Kier molecular flexibility index (Phi) is 5.12. The topological polar surface area (TPSA) is 63.7 Å². The molecule has 0 fully saturated rings. The molecular formula is C21H16N4O. The van der Waals surface area contributed by atoms with Crippen molar-refractivity contribution in [2.45, 2.75) is 0 Å². The molecule has 0 spiro atoms. The van der Waals surface area contributed by atoms with E-state index in [0.29, 0.717) is 23.0 Å². The van der Waals surface area contributed by atoms with Gasteiger partial charge in [0, 0.05) is 12.6 Å². The summed E-state index contributed by atoms with van der Waals surface area (Å²) in [6.07, 6.45) is 6.94. The maximum Gasteiger partial charge on any atom is 0.174 e. The second kappa shape index (κ2) is 7.83. The summed E-state index contributed by atoms with van der Waals surface area (Å²) in [5.74, 6) is 4.33. The number of ether oxygens (including phenoxy) is 1. The van der Waals surface area contributed by atoms with Crippen LogP contribution in [-0.4, -0.2) is 21.4 Å². The molecule has 126 valence electrons. The SMILES string of the molecule is C#CCOc1ccc(/C=C(/C#N)c2nnc(-c3ccccc3)n2C)cc1. The van der Waals surface area contributed by atoms with Crippen LogP contribution in [0.2, 0.25) is 0 Å². The Morgan fingerprint density at radius 3 is 2.54 bits per heavy atom. The fourth-order valence-corrected chi connectivity index (χ4v) is 2.50. The number of terminal acetylenes is 1. The van der Waals surface area contributed by atoms with E-state index in [2.05, 4.69) is 22.2 Å². The van der Waals surface area contributed by atoms with Crippen molar-refractivity contribution in [1.29, 1.82) is 5.26 Å². The molecule has 26 heavy (non-hydrogen) atoms. The molecule has 3 rings (SSSR count). The number of hydrogen-bond donors (Lipinski definition) is 0. The predicted molar refractivity (Wildman–Crippen MR) is 101 cm³/mol. The molecular weight excluding hydrogens is 324 g/mol. The minimum atomic E-state index is 0.222. The minimum absolute atomic E-state index is 0.222. The van der Waals surface area contributed by atoms with Crippen molar-refractivity contribution < 1.29 is 4.74 Å². The van der Waals surface area contributed by atoms with E-state index in [9.17, 15) is 5.26 Å². The van der Waals surface area contributed by atoms with Gasteiger partial charge in [-0.05, 0) is 23.8 Å². The van der Waals surface area contributed by atoms with Crippen molar-refractivity contribution in [3.8, 4) is 35.6 Å². The zero-order chi connectivity index (χ0) is 18.4. The first-order valence-electron chi connectivity index (χ1n) is 7.96. The van der Waals surface area contributed by atoms with E-state index < -0.39 is 0 Å². The lowest BCUT2D eigenvalue weighted by Crippen LogP contribution is -1.98. The Bertz CT molecular complexity index is 1000. The van der Waals surface area contributed by atoms with Crippen LogP contribution in [0.3, 0.4) is 0 Å². The fourth-order valence-electron chi connectivity index (χ4n) is 2.50. The van der Waals surface area contributed by atoms with Gasteiger partial charge < -0.3 is 9.30 Å². The van der Waals surface area contributed by atoms with E-state index in [4.69, 9.17) is 11.2 Å². The zero-order valence-electron chi connectivity index (χ0n) is 14.3. The van der Waals surface area contributed by atoms with Crippen molar-refractivity contribution in [2.75, 3.05) is 6.61 Å². The molecule has 0 aliphatic heterocycles. The third kappa shape index (κ3) is 3.63. The second-order valence-electron chi connectivity index (χ2n) is 5.50. The molecule has 5 heteroatoms. The molecule has 0 unspecified atom stereocenters. The molecule has 0 saturated heterocycles. The molecule has 0 amide bonds. The highest BCUT2D eigenvalue weighted by atomic mass is 16.5. The van der Waals surface area contributed by atoms with Crippen LogP contribution in [0.25, 0.3) is 23.0 Å². The van der Waals surface area contributed by atoms with Gasteiger partial charge in [0.2, 0.25) is 0 Å². The normalized spacial score (nSPS) is 10.8. The van der Waals surface area contributed by atoms with E-state index in [1.165, 1.54) is 0 Å². The smallest absolute Gasteiger partial charge is 0.174 e. The van der Waals surface area contributed by atoms with Crippen LogP contribution in [-0.2, 0) is 7.05 Å². The van der Waals surface area contributed by atoms with Gasteiger partial charge in [-0.1, -0.05) is 48.4 Å². The summed E-state index contributed by atoms with van der Waals surface area (Å²) in [6, 6.07) is 19.3. The number of hydrogen-bond acceptors (Lipinski definition) is 4. The monoisotopic (exact) mass is 340 g/mol. The third-order valence-electron chi connectivity index (χ3n) is 3.78. The molecule has 0 bridgehead atoms. The number of allylic oxidation sites excluding steroid dienone is 1. The molecule has 0 aliphatic rings. The Labute approximate surface area is 152 Å². The summed E-state index contributed by atoms with van der Waals surface area (Å²) in [4.78, 5) is 0. The lowest BCUT2D eigenvalue weighted by molar-refractivity contribution is 0.370. The Hall–Kier alpha value is -3.83. The van der Waals surface area contributed by atoms with Crippen LogP contribution in [0, 0.1) is 23.7 Å². The van der Waals surface area contributed by atoms with Crippen molar-refractivity contribution in [2.24, 2.45) is 7.05 Å². The number of nitrogens with zero attached hydrogens (tertiary/aromatic N) is 4. The van der Waals surface area contributed by atoms with E-state index in [1.54, 1.807) is 6.08 Å². The highest BCUT2D eigenvalue weighted by Gasteiger charge is 2.14. The third-order valence-corrected chi connectivity index (χ3v) is 3.78. The van der Waals surface area contributed by atoms with Crippen LogP contribution in [0.4, 0.5) is 0 Å². The van der Waals surface area contributed by atoms with Crippen molar-refractivity contribution in [1.82, 2.24) is 14.8 Å². The summed E-state index contributed by atoms with van der Waals surface area (Å²) in [7, 11) is 1.85. The second-order valence-corrected chi connectivity index (χ2v) is 5.50. The summed E-state index contributed by atoms with van der Waals surface area (Å²) >= 11 is 0. The van der Waals surface area contributed by atoms with E-state index in [1.807, 2.05) is 66.2 Å². The first-order chi connectivity index (χ1) is 12.7. The first kappa shape index (κ1) is 17.0. The Balaban J connectivity index is 1.90. The molecule has 0 aliphatic carbocycles. The van der Waals surface area contributed by atoms with Crippen molar-refractivity contribution in [3.05, 3.63) is 66.0 Å². The first-order valence-corrected chi connectivity index (χ1v) is 7.96. The highest BCUT2D eigenvalue weighted by Crippen LogP contribution is 2.22. The van der Waals surface area contributed by atoms with E-state index >= 15 is 0 Å². The quantitative estimate of drug-likeness (QED) is 0.526. The number of aromatic nitrogens is 3. The van der Waals surface area contributed by atoms with Gasteiger partial charge in [-0.15, -0.1) is 16.6 Å². The summed E-state index contributed by atoms with van der Waals surface area (Å²) in [6.45, 7) is 0.222. The molecule has 0 N–H and O–H groups in total. The van der Waals surface area contributed by atoms with Crippen molar-refractivity contribution >= 4 is 11.6 Å². The molecule has 0 atom stereocenters. The summed E-state index contributed by atoms with van der Waals surface area (Å²) < 4.78 is 7.16. The standard InChI is InChI=1S/C21H16N4O/c1-3-13-26-19-11-9-16(10-12-19)14-18(15-22)21-24-23-20(25(21)2)17-7-5-4-6-8-17/h1,4-12,14H,13H2,2H3/b18-14-. The predicted octanol–water partition coefficient (Wildman–Crippen LogP) is 3.56. The maximum atomic E-state index is 9.57.